The third kappa shape index (κ3) is 3.84. The van der Waals surface area contributed by atoms with Crippen LogP contribution in [0.5, 0.6) is 0 Å². The van der Waals surface area contributed by atoms with Gasteiger partial charge in [0.15, 0.2) is 0 Å². The first kappa shape index (κ1) is 26.3. The molecule has 4 heteroatoms. The number of rotatable bonds is 1. The fraction of sp³-hybridized carbons (Fsp3) is 0.0526. The summed E-state index contributed by atoms with van der Waals surface area (Å²) in [6.07, 6.45) is 1.79. The molecule has 3 heterocycles. The van der Waals surface area contributed by atoms with Gasteiger partial charge in [-0.3, -0.25) is 4.98 Å². The summed E-state index contributed by atoms with van der Waals surface area (Å²) in [5.74, 6) is 0.989. The van der Waals surface area contributed by atoms with Crippen LogP contribution < -0.4 is 0 Å². The number of benzene rings is 5. The maximum Gasteiger partial charge on any atom is 0.0864 e. The van der Waals surface area contributed by atoms with E-state index < -0.39 is 0 Å². The van der Waals surface area contributed by atoms with Gasteiger partial charge >= 0.3 is 0 Å². The molecule has 0 saturated carbocycles. The Labute approximate surface area is 258 Å². The number of hydrogen-bond acceptors (Lipinski definition) is 2. The van der Waals surface area contributed by atoms with Crippen molar-refractivity contribution in [2.75, 3.05) is 0 Å². The van der Waals surface area contributed by atoms with Crippen LogP contribution in [-0.4, -0.2) is 14.5 Å². The number of aromatic nitrogens is 3. The molecular weight excluding hydrogens is 691 g/mol. The number of para-hydroxylation sites is 2. The predicted octanol–water partition coefficient (Wildman–Crippen LogP) is 8.82. The molecule has 1 atom stereocenters. The van der Waals surface area contributed by atoms with Gasteiger partial charge in [-0.15, -0.1) is 65.7 Å². The molecule has 0 fully saturated rings. The summed E-state index contributed by atoms with van der Waals surface area (Å²) < 4.78 is 2.44. The van der Waals surface area contributed by atoms with E-state index in [2.05, 4.69) is 107 Å². The molecule has 0 spiro atoms. The van der Waals surface area contributed by atoms with Gasteiger partial charge in [-0.05, 0) is 53.1 Å². The van der Waals surface area contributed by atoms with Crippen LogP contribution in [0.1, 0.15) is 18.1 Å². The van der Waals surface area contributed by atoms with Crippen LogP contribution in [0.25, 0.3) is 55.9 Å². The van der Waals surface area contributed by atoms with Crippen LogP contribution in [0.15, 0.2) is 134 Å². The molecule has 0 amide bonds. The molecule has 1 aliphatic heterocycles. The van der Waals surface area contributed by atoms with Crippen molar-refractivity contribution in [2.45, 2.75) is 12.5 Å². The molecule has 1 radical (unpaired) electrons. The third-order valence-corrected chi connectivity index (χ3v) is 8.32. The summed E-state index contributed by atoms with van der Waals surface area (Å²) in [6, 6.07) is 50.6. The summed E-state index contributed by atoms with van der Waals surface area (Å²) >= 11 is 0. The van der Waals surface area contributed by atoms with Crippen molar-refractivity contribution in [3.8, 4) is 44.9 Å². The van der Waals surface area contributed by atoms with E-state index in [0.29, 0.717) is 0 Å². The molecule has 7 aromatic rings. The van der Waals surface area contributed by atoms with Crippen molar-refractivity contribution < 1.29 is 20.1 Å². The summed E-state index contributed by atoms with van der Waals surface area (Å²) in [4.78, 5) is 9.33. The van der Waals surface area contributed by atoms with E-state index in [0.717, 1.165) is 33.7 Å². The number of nitrogens with zero attached hydrogens (tertiary/aromatic N) is 3. The normalized spacial score (nSPS) is 15.2. The quantitative estimate of drug-likeness (QED) is 0.159. The zero-order valence-electron chi connectivity index (χ0n) is 22.9. The van der Waals surface area contributed by atoms with Crippen LogP contribution in [0.3, 0.4) is 0 Å². The van der Waals surface area contributed by atoms with Crippen molar-refractivity contribution in [1.82, 2.24) is 14.5 Å². The minimum absolute atomic E-state index is 0. The van der Waals surface area contributed by atoms with Gasteiger partial charge in [0, 0.05) is 26.3 Å². The molecule has 0 N–H and O–H groups in total. The first-order valence-electron chi connectivity index (χ1n) is 13.9. The average molecular weight is 716 g/mol. The molecule has 1 aliphatic carbocycles. The molecule has 0 saturated heterocycles. The number of hydrogen-bond donors (Lipinski definition) is 0. The molecule has 3 nitrogen and oxygen atoms in total. The molecule has 5 aromatic carbocycles. The van der Waals surface area contributed by atoms with E-state index in [-0.39, 0.29) is 25.6 Å². The molecule has 1 unspecified atom stereocenters. The molecule has 42 heavy (non-hydrogen) atoms. The van der Waals surface area contributed by atoms with E-state index >= 15 is 0 Å². The van der Waals surface area contributed by atoms with Gasteiger partial charge in [0.2, 0.25) is 0 Å². The number of fused-ring (bicyclic) bond motifs is 10. The Morgan fingerprint density at radius 1 is 0.643 bits per heavy atom. The topological polar surface area (TPSA) is 30.7 Å². The van der Waals surface area contributed by atoms with Crippen molar-refractivity contribution in [2.24, 2.45) is 0 Å². The average Bonchev–Trinajstić information content (AvgIpc) is 3.54. The predicted molar refractivity (Wildman–Crippen MR) is 165 cm³/mol. The van der Waals surface area contributed by atoms with Crippen molar-refractivity contribution >= 4 is 11.0 Å². The Morgan fingerprint density at radius 3 is 2.19 bits per heavy atom. The largest absolute Gasteiger partial charge is 0.350 e. The first-order chi connectivity index (χ1) is 20.2. The standard InChI is InChI=1S/C27H17N2.C11H8N.Ir/c1-27-22-14-5-4-10-18(22)20-13-8-12-19(25(20)27)17-9-2-3-11-21(17)26-28-23-15-6-7-16-24(23)29(26)27;1-2-6-10(7-3-1)11-8-4-5-9-12-11;/h2-10,12-16H,1H3;1-6,8-9H;/q2*-1;. The minimum Gasteiger partial charge on any atom is -0.350 e. The van der Waals surface area contributed by atoms with Gasteiger partial charge in [0.1, 0.15) is 0 Å². The SMILES string of the molecule is CC12c3ccccc3-c3cccc(c31)-c1ccc[c-]c1-c1nc3ccccc3n12.[Ir].[c-]1ccccc1-c1ccccn1. The van der Waals surface area contributed by atoms with Crippen molar-refractivity contribution in [3.05, 3.63) is 157 Å². The monoisotopic (exact) mass is 716 g/mol. The van der Waals surface area contributed by atoms with Crippen LogP contribution in [-0.2, 0) is 25.6 Å². The number of pyridine rings is 1. The van der Waals surface area contributed by atoms with Gasteiger partial charge in [0.05, 0.1) is 22.4 Å². The van der Waals surface area contributed by atoms with E-state index in [9.17, 15) is 0 Å². The molecule has 203 valence electrons. The van der Waals surface area contributed by atoms with Gasteiger partial charge in [-0.2, -0.15) is 0 Å². The fourth-order valence-electron chi connectivity index (χ4n) is 6.60. The summed E-state index contributed by atoms with van der Waals surface area (Å²) in [5.41, 5.74) is 12.8. The Hall–Kier alpha value is -4.63. The fourth-order valence-corrected chi connectivity index (χ4v) is 6.60. The Morgan fingerprint density at radius 2 is 1.36 bits per heavy atom. The van der Waals surface area contributed by atoms with Gasteiger partial charge < -0.3 is 9.55 Å². The zero-order chi connectivity index (χ0) is 27.4. The summed E-state index contributed by atoms with van der Waals surface area (Å²) in [7, 11) is 0. The van der Waals surface area contributed by atoms with E-state index in [1.165, 1.54) is 33.4 Å². The Balaban J connectivity index is 0.000000188. The smallest absolute Gasteiger partial charge is 0.0864 e. The van der Waals surface area contributed by atoms with Crippen LogP contribution in [0, 0.1) is 12.1 Å². The third-order valence-electron chi connectivity index (χ3n) is 8.32. The second-order valence-corrected chi connectivity index (χ2v) is 10.6. The molecule has 0 bridgehead atoms. The van der Waals surface area contributed by atoms with Crippen molar-refractivity contribution in [3.63, 3.8) is 0 Å². The zero-order valence-corrected chi connectivity index (χ0v) is 25.3. The van der Waals surface area contributed by atoms with E-state index in [1.807, 2.05) is 48.5 Å². The van der Waals surface area contributed by atoms with E-state index in [1.54, 1.807) is 6.20 Å². The van der Waals surface area contributed by atoms with Crippen LogP contribution in [0.2, 0.25) is 0 Å². The Bertz CT molecular complexity index is 2030. The second-order valence-electron chi connectivity index (χ2n) is 10.6. The molecule has 9 rings (SSSR count). The van der Waals surface area contributed by atoms with E-state index in [4.69, 9.17) is 4.98 Å². The van der Waals surface area contributed by atoms with Gasteiger partial charge in [0.25, 0.3) is 0 Å². The molecule has 2 aromatic heterocycles. The number of imidazole rings is 1. The van der Waals surface area contributed by atoms with Gasteiger partial charge in [-0.25, -0.2) is 0 Å². The maximum atomic E-state index is 5.11. The van der Waals surface area contributed by atoms with Crippen molar-refractivity contribution in [1.29, 1.82) is 0 Å². The van der Waals surface area contributed by atoms with Crippen LogP contribution in [0.4, 0.5) is 0 Å². The first-order valence-corrected chi connectivity index (χ1v) is 13.9. The second kappa shape index (κ2) is 10.3. The summed E-state index contributed by atoms with van der Waals surface area (Å²) in [6.45, 7) is 2.35. The molecular formula is C38H25IrN3-2. The Kier molecular flexibility index (Phi) is 6.46. The minimum atomic E-state index is -0.333. The maximum absolute atomic E-state index is 5.11. The summed E-state index contributed by atoms with van der Waals surface area (Å²) in [5, 5.41) is 0. The molecule has 2 aliphatic rings. The van der Waals surface area contributed by atoms with Gasteiger partial charge in [-0.1, -0.05) is 77.9 Å². The van der Waals surface area contributed by atoms with Crippen LogP contribution >= 0.6 is 0 Å².